The van der Waals surface area contributed by atoms with Gasteiger partial charge in [0.1, 0.15) is 12.1 Å². The highest BCUT2D eigenvalue weighted by atomic mass is 16.6. The number of hydrogen-bond donors (Lipinski definition) is 3. The molecule has 5 amide bonds. The monoisotopic (exact) mass is 999 g/mol. The number of rotatable bonds is 24. The second-order valence-corrected chi connectivity index (χ2v) is 21.1. The van der Waals surface area contributed by atoms with E-state index in [1.807, 2.05) is 29.2 Å². The van der Waals surface area contributed by atoms with Crippen LogP contribution in [-0.2, 0) is 49.6 Å². The summed E-state index contributed by atoms with van der Waals surface area (Å²) >= 11 is 0. The van der Waals surface area contributed by atoms with Crippen molar-refractivity contribution in [3.05, 3.63) is 144 Å². The first kappa shape index (κ1) is 57.9. The molecule has 4 aromatic rings. The van der Waals surface area contributed by atoms with Crippen molar-refractivity contribution in [1.82, 2.24) is 30.7 Å². The molecular weight excluding hydrogens is 913 g/mol. The highest BCUT2D eigenvalue weighted by Gasteiger charge is 2.31. The summed E-state index contributed by atoms with van der Waals surface area (Å²) in [4.78, 5) is 68.3. The molecule has 12 nitrogen and oxygen atoms in total. The maximum atomic E-state index is 13.3. The number of aryl methyl sites for hydroxylation is 4. The van der Waals surface area contributed by atoms with Crippen LogP contribution in [0, 0.1) is 11.8 Å². The minimum Gasteiger partial charge on any atom is -0.444 e. The lowest BCUT2D eigenvalue weighted by Gasteiger charge is -2.33. The first-order chi connectivity index (χ1) is 35.3. The molecular formula is C61H86N6O6. The Hall–Kier alpha value is -6.01. The van der Waals surface area contributed by atoms with Gasteiger partial charge in [-0.05, 0) is 153 Å². The van der Waals surface area contributed by atoms with E-state index < -0.39 is 11.7 Å². The van der Waals surface area contributed by atoms with Crippen LogP contribution in [0.4, 0.5) is 4.79 Å². The molecule has 6 rings (SSSR count). The predicted octanol–water partition coefficient (Wildman–Crippen LogP) is 9.60. The van der Waals surface area contributed by atoms with E-state index in [9.17, 15) is 24.0 Å². The quantitative estimate of drug-likeness (QED) is 0.0636. The third-order valence-corrected chi connectivity index (χ3v) is 14.0. The Morgan fingerprint density at radius 3 is 1.15 bits per heavy atom. The Bertz CT molecular complexity index is 2120. The van der Waals surface area contributed by atoms with Crippen molar-refractivity contribution in [2.75, 3.05) is 53.4 Å². The Morgan fingerprint density at radius 1 is 0.534 bits per heavy atom. The van der Waals surface area contributed by atoms with Gasteiger partial charge in [0.25, 0.3) is 0 Å². The van der Waals surface area contributed by atoms with Crippen molar-refractivity contribution < 1.29 is 28.7 Å². The number of likely N-dealkylation sites (tertiary alicyclic amines) is 2. The van der Waals surface area contributed by atoms with Gasteiger partial charge in [0.15, 0.2) is 0 Å². The molecule has 2 saturated heterocycles. The second kappa shape index (κ2) is 31.6. The third kappa shape index (κ3) is 22.3. The molecule has 4 aromatic carbocycles. The molecule has 2 fully saturated rings. The van der Waals surface area contributed by atoms with Crippen molar-refractivity contribution in [3.63, 3.8) is 0 Å². The largest absolute Gasteiger partial charge is 0.444 e. The van der Waals surface area contributed by atoms with Gasteiger partial charge in [-0.1, -0.05) is 121 Å². The van der Waals surface area contributed by atoms with E-state index in [1.165, 1.54) is 27.2 Å². The van der Waals surface area contributed by atoms with Crippen LogP contribution >= 0.6 is 0 Å². The molecule has 0 aliphatic carbocycles. The van der Waals surface area contributed by atoms with Gasteiger partial charge in [-0.2, -0.15) is 0 Å². The number of carbonyl (C=O) groups is 5. The van der Waals surface area contributed by atoms with Crippen LogP contribution < -0.4 is 16.0 Å². The minimum atomic E-state index is -0.610. The van der Waals surface area contributed by atoms with Gasteiger partial charge < -0.3 is 35.4 Å². The molecule has 396 valence electrons. The molecule has 0 unspecified atom stereocenters. The number of carbonyl (C=O) groups excluding carboxylic acids is 5. The molecule has 2 heterocycles. The molecule has 0 radical (unpaired) electrons. The molecule has 12 heteroatoms. The van der Waals surface area contributed by atoms with Crippen LogP contribution in [0.15, 0.2) is 121 Å². The lowest BCUT2D eigenvalue weighted by Crippen LogP contribution is -2.48. The number of nitrogens with one attached hydrogen (secondary N) is 3. The molecule has 0 bridgehead atoms. The van der Waals surface area contributed by atoms with Crippen molar-refractivity contribution in [1.29, 1.82) is 0 Å². The minimum absolute atomic E-state index is 0.00869. The maximum absolute atomic E-state index is 13.3. The molecule has 2 aliphatic rings. The van der Waals surface area contributed by atoms with Gasteiger partial charge >= 0.3 is 6.09 Å². The number of likely N-dealkylation sites (N-methyl/N-ethyl adjacent to an activating group) is 2. The van der Waals surface area contributed by atoms with Gasteiger partial charge in [-0.3, -0.25) is 19.2 Å². The van der Waals surface area contributed by atoms with Gasteiger partial charge in [0.05, 0.1) is 6.54 Å². The van der Waals surface area contributed by atoms with E-state index in [1.54, 1.807) is 39.8 Å². The number of ether oxygens (including phenoxy) is 1. The summed E-state index contributed by atoms with van der Waals surface area (Å²) in [6.45, 7) is 8.11. The third-order valence-electron chi connectivity index (χ3n) is 14.0. The zero-order valence-corrected chi connectivity index (χ0v) is 44.7. The van der Waals surface area contributed by atoms with E-state index in [-0.39, 0.29) is 54.1 Å². The topological polar surface area (TPSA) is 140 Å². The fourth-order valence-electron chi connectivity index (χ4n) is 9.76. The number of piperidine rings is 2. The molecule has 2 aliphatic heterocycles. The first-order valence-corrected chi connectivity index (χ1v) is 27.2. The van der Waals surface area contributed by atoms with Gasteiger partial charge in [-0.25, -0.2) is 4.79 Å². The lowest BCUT2D eigenvalue weighted by atomic mass is 9.94. The average Bonchev–Trinajstić information content (AvgIpc) is 3.39. The van der Waals surface area contributed by atoms with E-state index in [2.05, 4.69) is 113 Å². The van der Waals surface area contributed by atoms with Crippen LogP contribution in [-0.4, -0.2) is 115 Å². The second-order valence-electron chi connectivity index (χ2n) is 21.1. The molecule has 73 heavy (non-hydrogen) atoms. The standard InChI is InChI=1S/C33H47N3O4.C28H39N3O2/c1-33(2,3)40-32(39)35(4)25-30(37)36-23-21-28(22-24-36)31(38)34-29(19-11-17-26-13-7-5-8-14-26)20-12-18-27-15-9-6-10-16-27;1-29-22-27(32)31-20-18-25(19-21-31)28(33)30-26(16-8-14-23-10-4-2-5-11-23)17-9-15-24-12-6-3-7-13-24/h5-10,13-16,28-29H,11-12,17-25H2,1-4H3,(H,34,38);2-7,10-13,25-26,29H,8-9,14-22H2,1H3,(H,30,33). The van der Waals surface area contributed by atoms with Crippen LogP contribution in [0.1, 0.15) is 120 Å². The summed E-state index contributed by atoms with van der Waals surface area (Å²) in [6.07, 6.45) is 14.4. The lowest BCUT2D eigenvalue weighted by molar-refractivity contribution is -0.136. The molecule has 3 N–H and O–H groups in total. The van der Waals surface area contributed by atoms with Crippen molar-refractivity contribution >= 4 is 29.7 Å². The molecule has 0 aromatic heterocycles. The summed E-state index contributed by atoms with van der Waals surface area (Å²) in [5.74, 6) is 0.179. The SMILES string of the molecule is CN(CC(=O)N1CCC(C(=O)NC(CCCc2ccccc2)CCCc2ccccc2)CC1)C(=O)OC(C)(C)C.CNCC(=O)N1CCC(C(=O)NC(CCCc2ccccc2)CCCc2ccccc2)CC1. The highest BCUT2D eigenvalue weighted by Crippen LogP contribution is 2.22. The summed E-state index contributed by atoms with van der Waals surface area (Å²) in [6, 6.07) is 42.5. The van der Waals surface area contributed by atoms with Crippen LogP contribution in [0.2, 0.25) is 0 Å². The molecule has 0 saturated carbocycles. The van der Waals surface area contributed by atoms with E-state index >= 15 is 0 Å². The van der Waals surface area contributed by atoms with E-state index in [4.69, 9.17) is 4.74 Å². The van der Waals surface area contributed by atoms with Crippen LogP contribution in [0.3, 0.4) is 0 Å². The Kier molecular flexibility index (Phi) is 25.0. The van der Waals surface area contributed by atoms with Gasteiger partial charge in [0.2, 0.25) is 23.6 Å². The molecule has 0 atom stereocenters. The average molecular weight is 999 g/mol. The van der Waals surface area contributed by atoms with Crippen LogP contribution in [0.25, 0.3) is 0 Å². The number of hydrogen-bond acceptors (Lipinski definition) is 7. The van der Waals surface area contributed by atoms with Crippen LogP contribution in [0.5, 0.6) is 0 Å². The summed E-state index contributed by atoms with van der Waals surface area (Å²) in [5, 5.41) is 9.65. The fourth-order valence-corrected chi connectivity index (χ4v) is 9.76. The fraction of sp³-hybridized carbons (Fsp3) is 0.525. The summed E-state index contributed by atoms with van der Waals surface area (Å²) in [5.41, 5.74) is 4.74. The predicted molar refractivity (Wildman–Crippen MR) is 293 cm³/mol. The normalized spacial score (nSPS) is 14.3. The smallest absolute Gasteiger partial charge is 0.410 e. The summed E-state index contributed by atoms with van der Waals surface area (Å²) < 4.78 is 5.34. The zero-order chi connectivity index (χ0) is 52.3. The van der Waals surface area contributed by atoms with Gasteiger partial charge in [-0.15, -0.1) is 0 Å². The maximum Gasteiger partial charge on any atom is 0.410 e. The van der Waals surface area contributed by atoms with E-state index in [0.29, 0.717) is 45.6 Å². The van der Waals surface area contributed by atoms with Crippen molar-refractivity contribution in [2.24, 2.45) is 11.8 Å². The summed E-state index contributed by atoms with van der Waals surface area (Å²) in [7, 11) is 3.36. The van der Waals surface area contributed by atoms with E-state index in [0.717, 1.165) is 89.9 Å². The number of amides is 5. The van der Waals surface area contributed by atoms with Crippen molar-refractivity contribution in [2.45, 2.75) is 141 Å². The Balaban J connectivity index is 0.000000276. The number of benzene rings is 4. The zero-order valence-electron chi connectivity index (χ0n) is 44.7. The first-order valence-electron chi connectivity index (χ1n) is 27.2. The Labute approximate surface area is 437 Å². The molecule has 0 spiro atoms. The Morgan fingerprint density at radius 2 is 0.849 bits per heavy atom. The number of nitrogens with zero attached hydrogens (tertiary/aromatic N) is 3. The highest BCUT2D eigenvalue weighted by molar-refractivity contribution is 5.83. The van der Waals surface area contributed by atoms with Gasteiger partial charge in [0, 0.05) is 57.1 Å². The van der Waals surface area contributed by atoms with Crippen molar-refractivity contribution in [3.8, 4) is 0 Å².